The molecule has 1 heterocycles. The Bertz CT molecular complexity index is 558. The number of aliphatic hydroxyl groups excluding tert-OH is 2. The Morgan fingerprint density at radius 2 is 2.00 bits per heavy atom. The van der Waals surface area contributed by atoms with E-state index in [0.717, 1.165) is 0 Å². The molecule has 0 saturated carbocycles. The van der Waals surface area contributed by atoms with Crippen molar-refractivity contribution < 1.29 is 24.5 Å². The van der Waals surface area contributed by atoms with Crippen molar-refractivity contribution in [1.29, 1.82) is 0 Å². The van der Waals surface area contributed by atoms with E-state index >= 15 is 0 Å². The second-order valence-corrected chi connectivity index (χ2v) is 5.88. The van der Waals surface area contributed by atoms with Crippen LogP contribution < -0.4 is 16.6 Å². The molecule has 0 radical (unpaired) electrons. The number of carbonyl (C=O) groups excluding carboxylic acids is 2. The fourth-order valence-electron chi connectivity index (χ4n) is 1.66. The van der Waals surface area contributed by atoms with E-state index in [1.165, 1.54) is 18.5 Å². The van der Waals surface area contributed by atoms with Crippen molar-refractivity contribution in [2.45, 2.75) is 38.6 Å². The van der Waals surface area contributed by atoms with Crippen molar-refractivity contribution in [2.75, 3.05) is 6.54 Å². The number of nitrogen functional groups attached to an aromatic ring is 1. The summed E-state index contributed by atoms with van der Waals surface area (Å²) in [5.74, 6) is 4.44. The van der Waals surface area contributed by atoms with E-state index in [1.54, 1.807) is 20.8 Å². The number of nitrogens with one attached hydrogen (secondary N) is 2. The number of pyridine rings is 1. The number of carbonyl (C=O) groups is 2. The molecule has 0 aliphatic carbocycles. The second kappa shape index (κ2) is 7.86. The maximum Gasteiger partial charge on any atom is 0.407 e. The third kappa shape index (κ3) is 6.19. The molecular formula is C14H22N4O5. The number of ether oxygens (including phenoxy) is 1. The minimum absolute atomic E-state index is 0.136. The van der Waals surface area contributed by atoms with Crippen molar-refractivity contribution in [3.8, 4) is 0 Å². The lowest BCUT2D eigenvalue weighted by molar-refractivity contribution is 0.0127. The molecule has 0 aromatic carbocycles. The summed E-state index contributed by atoms with van der Waals surface area (Å²) in [5.41, 5.74) is 1.62. The van der Waals surface area contributed by atoms with Crippen molar-refractivity contribution in [2.24, 2.45) is 5.84 Å². The lowest BCUT2D eigenvalue weighted by atomic mass is 10.0. The predicted molar refractivity (Wildman–Crippen MR) is 81.1 cm³/mol. The minimum atomic E-state index is -1.34. The second-order valence-electron chi connectivity index (χ2n) is 5.88. The number of aromatic nitrogens is 1. The number of amides is 2. The molecule has 6 N–H and O–H groups in total. The van der Waals surface area contributed by atoms with Crippen LogP contribution >= 0.6 is 0 Å². The monoisotopic (exact) mass is 326 g/mol. The Balaban J connectivity index is 2.65. The van der Waals surface area contributed by atoms with E-state index in [4.69, 9.17) is 10.6 Å². The molecule has 0 spiro atoms. The lowest BCUT2D eigenvalue weighted by Crippen LogP contribution is -2.39. The number of hydrogen-bond donors (Lipinski definition) is 5. The summed E-state index contributed by atoms with van der Waals surface area (Å²) in [6.07, 6.45) is -0.792. The number of rotatable bonds is 5. The van der Waals surface area contributed by atoms with Crippen LogP contribution in [0.4, 0.5) is 4.79 Å². The SMILES string of the molecule is CC(C)(C)OC(=O)NCC(O)C(O)c1cncc(C(=O)NN)c1. The summed E-state index contributed by atoms with van der Waals surface area (Å²) in [5, 5.41) is 22.3. The van der Waals surface area contributed by atoms with Gasteiger partial charge in [-0.1, -0.05) is 0 Å². The molecule has 0 bridgehead atoms. The quantitative estimate of drug-likeness (QED) is 0.281. The van der Waals surface area contributed by atoms with E-state index in [2.05, 4.69) is 10.3 Å². The number of nitrogens with two attached hydrogens (primary N) is 1. The van der Waals surface area contributed by atoms with Gasteiger partial charge in [0.25, 0.3) is 5.91 Å². The van der Waals surface area contributed by atoms with E-state index in [1.807, 2.05) is 5.43 Å². The molecule has 1 rings (SSSR count). The van der Waals surface area contributed by atoms with Crippen LogP contribution in [-0.2, 0) is 4.74 Å². The largest absolute Gasteiger partial charge is 0.444 e. The standard InChI is InChI=1S/C14H22N4O5/c1-14(2,3)23-13(22)17-7-10(19)11(20)8-4-9(6-16-5-8)12(21)18-15/h4-6,10-11,19-20H,7,15H2,1-3H3,(H,17,22)(H,18,21). The molecule has 9 nitrogen and oxygen atoms in total. The fourth-order valence-corrected chi connectivity index (χ4v) is 1.66. The fraction of sp³-hybridized carbons (Fsp3) is 0.500. The summed E-state index contributed by atoms with van der Waals surface area (Å²) in [4.78, 5) is 26.7. The molecule has 2 unspecified atom stereocenters. The molecule has 1 aromatic rings. The number of nitrogens with zero attached hydrogens (tertiary/aromatic N) is 1. The highest BCUT2D eigenvalue weighted by Gasteiger charge is 2.22. The van der Waals surface area contributed by atoms with Gasteiger partial charge in [-0.15, -0.1) is 0 Å². The number of hydrogen-bond acceptors (Lipinski definition) is 7. The van der Waals surface area contributed by atoms with Gasteiger partial charge in [-0.3, -0.25) is 15.2 Å². The van der Waals surface area contributed by atoms with Gasteiger partial charge >= 0.3 is 6.09 Å². The van der Waals surface area contributed by atoms with Crippen molar-refractivity contribution in [1.82, 2.24) is 15.7 Å². The van der Waals surface area contributed by atoms with Crippen LogP contribution in [0.2, 0.25) is 0 Å². The zero-order valence-corrected chi connectivity index (χ0v) is 13.2. The highest BCUT2D eigenvalue weighted by molar-refractivity contribution is 5.93. The van der Waals surface area contributed by atoms with Crippen LogP contribution in [0.3, 0.4) is 0 Å². The minimum Gasteiger partial charge on any atom is -0.444 e. The molecule has 0 aliphatic heterocycles. The number of aliphatic hydroxyl groups is 2. The van der Waals surface area contributed by atoms with Gasteiger partial charge in [0.1, 0.15) is 17.8 Å². The van der Waals surface area contributed by atoms with Gasteiger partial charge in [-0.25, -0.2) is 10.6 Å². The first-order valence-corrected chi connectivity index (χ1v) is 6.93. The molecule has 23 heavy (non-hydrogen) atoms. The van der Waals surface area contributed by atoms with Gasteiger partial charge in [0.2, 0.25) is 0 Å². The van der Waals surface area contributed by atoms with Crippen molar-refractivity contribution in [3.63, 3.8) is 0 Å². The Morgan fingerprint density at radius 3 is 2.57 bits per heavy atom. The number of alkyl carbamates (subject to hydrolysis) is 1. The van der Waals surface area contributed by atoms with Gasteiger partial charge in [0, 0.05) is 24.5 Å². The Hall–Kier alpha value is -2.23. The third-order valence-electron chi connectivity index (χ3n) is 2.71. The van der Waals surface area contributed by atoms with Gasteiger partial charge in [0.15, 0.2) is 0 Å². The van der Waals surface area contributed by atoms with Crippen LogP contribution in [0.25, 0.3) is 0 Å². The average Bonchev–Trinajstić information content (AvgIpc) is 2.49. The molecular weight excluding hydrogens is 304 g/mol. The molecule has 0 aliphatic rings. The van der Waals surface area contributed by atoms with Crippen LogP contribution in [-0.4, -0.2) is 45.4 Å². The zero-order valence-electron chi connectivity index (χ0n) is 13.2. The maximum absolute atomic E-state index is 11.5. The highest BCUT2D eigenvalue weighted by atomic mass is 16.6. The normalized spacial score (nSPS) is 13.8. The van der Waals surface area contributed by atoms with E-state index in [-0.39, 0.29) is 17.7 Å². The first kappa shape index (κ1) is 18.8. The van der Waals surface area contributed by atoms with E-state index in [9.17, 15) is 19.8 Å². The predicted octanol–water partition coefficient (Wildman–Crippen LogP) is -0.396. The summed E-state index contributed by atoms with van der Waals surface area (Å²) >= 11 is 0. The van der Waals surface area contributed by atoms with Crippen LogP contribution in [0, 0.1) is 0 Å². The topological polar surface area (TPSA) is 147 Å². The Labute approximate surface area is 133 Å². The molecule has 9 heteroatoms. The summed E-state index contributed by atoms with van der Waals surface area (Å²) in [7, 11) is 0. The van der Waals surface area contributed by atoms with Crippen LogP contribution in [0.15, 0.2) is 18.5 Å². The van der Waals surface area contributed by atoms with Gasteiger partial charge in [-0.05, 0) is 26.8 Å². The summed E-state index contributed by atoms with van der Waals surface area (Å²) in [6.45, 7) is 4.88. The Kier molecular flexibility index (Phi) is 6.43. The smallest absolute Gasteiger partial charge is 0.407 e. The van der Waals surface area contributed by atoms with Crippen molar-refractivity contribution in [3.05, 3.63) is 29.6 Å². The molecule has 2 atom stereocenters. The molecule has 1 aromatic heterocycles. The average molecular weight is 326 g/mol. The van der Waals surface area contributed by atoms with E-state index in [0.29, 0.717) is 0 Å². The number of hydrazine groups is 1. The lowest BCUT2D eigenvalue weighted by Gasteiger charge is -2.22. The summed E-state index contributed by atoms with van der Waals surface area (Å²) < 4.78 is 5.02. The molecule has 0 saturated heterocycles. The van der Waals surface area contributed by atoms with Crippen molar-refractivity contribution >= 4 is 12.0 Å². The molecule has 2 amide bonds. The van der Waals surface area contributed by atoms with Gasteiger partial charge < -0.3 is 20.3 Å². The van der Waals surface area contributed by atoms with Gasteiger partial charge in [-0.2, -0.15) is 0 Å². The highest BCUT2D eigenvalue weighted by Crippen LogP contribution is 2.17. The zero-order chi connectivity index (χ0) is 17.6. The first-order valence-electron chi connectivity index (χ1n) is 6.93. The Morgan fingerprint density at radius 1 is 1.35 bits per heavy atom. The van der Waals surface area contributed by atoms with Gasteiger partial charge in [0.05, 0.1) is 5.56 Å². The molecule has 128 valence electrons. The third-order valence-corrected chi connectivity index (χ3v) is 2.71. The van der Waals surface area contributed by atoms with Crippen LogP contribution in [0.5, 0.6) is 0 Å². The van der Waals surface area contributed by atoms with E-state index < -0.39 is 29.8 Å². The first-order chi connectivity index (χ1) is 10.6. The summed E-state index contributed by atoms with van der Waals surface area (Å²) in [6, 6.07) is 1.34. The maximum atomic E-state index is 11.5. The van der Waals surface area contributed by atoms with Crippen LogP contribution in [0.1, 0.15) is 42.8 Å². The molecule has 0 fully saturated rings.